The van der Waals surface area contributed by atoms with Crippen LogP contribution in [0.15, 0.2) is 59.5 Å². The van der Waals surface area contributed by atoms with E-state index in [9.17, 15) is 23.3 Å². The first-order valence-electron chi connectivity index (χ1n) is 13.1. The number of hydrogen-bond donors (Lipinski definition) is 2. The molecule has 1 saturated carbocycles. The van der Waals surface area contributed by atoms with E-state index in [-0.39, 0.29) is 48.5 Å². The van der Waals surface area contributed by atoms with Crippen molar-refractivity contribution in [1.82, 2.24) is 14.9 Å². The molecule has 1 heterocycles. The Morgan fingerprint density at radius 2 is 1.79 bits per heavy atom. The van der Waals surface area contributed by atoms with Gasteiger partial charge in [0.15, 0.2) is 0 Å². The van der Waals surface area contributed by atoms with Crippen molar-refractivity contribution in [2.75, 3.05) is 26.2 Å². The van der Waals surface area contributed by atoms with Crippen molar-refractivity contribution in [3.05, 3.63) is 65.7 Å². The minimum Gasteiger partial charge on any atom is -0.374 e. The molecule has 202 valence electrons. The average molecular weight is 539 g/mol. The number of hydrogen-bond acceptors (Lipinski definition) is 6. The van der Waals surface area contributed by atoms with Crippen molar-refractivity contribution in [1.29, 1.82) is 5.26 Å². The first-order valence-corrected chi connectivity index (χ1v) is 14.6. The predicted octanol–water partition coefficient (Wildman–Crippen LogP) is 2.89. The monoisotopic (exact) mass is 538 g/mol. The average Bonchev–Trinajstić information content (AvgIpc) is 3.48. The van der Waals surface area contributed by atoms with E-state index in [1.54, 1.807) is 24.3 Å². The van der Waals surface area contributed by atoms with E-state index < -0.39 is 22.2 Å². The van der Waals surface area contributed by atoms with Crippen molar-refractivity contribution < 1.29 is 22.7 Å². The standard InChI is InChI=1S/C28H34N4O5S/c29-18-23-12-6-7-13-25(23)38(35,36)32-16-17-37-24(20-32)19-30-28(34)27(22-10-2-1-3-11-22)31-26(33)15-14-21-8-4-5-9-21/h1-3,6-7,10-13,21,24,27H,4-5,8-9,14-17,19-20H2,(H,30,34)(H,31,33)/t24?,27-/m0/s1. The van der Waals surface area contributed by atoms with E-state index in [0.717, 1.165) is 19.3 Å². The number of benzene rings is 2. The molecule has 2 amide bonds. The predicted molar refractivity (Wildman–Crippen MR) is 141 cm³/mol. The fourth-order valence-corrected chi connectivity index (χ4v) is 6.68. The second kappa shape index (κ2) is 13.0. The van der Waals surface area contributed by atoms with Gasteiger partial charge in [0, 0.05) is 26.1 Å². The zero-order chi connectivity index (χ0) is 27.0. The van der Waals surface area contributed by atoms with E-state index >= 15 is 0 Å². The van der Waals surface area contributed by atoms with Gasteiger partial charge < -0.3 is 15.4 Å². The van der Waals surface area contributed by atoms with Crippen LogP contribution in [0.5, 0.6) is 0 Å². The first-order chi connectivity index (χ1) is 18.4. The van der Waals surface area contributed by atoms with Gasteiger partial charge in [-0.15, -0.1) is 0 Å². The van der Waals surface area contributed by atoms with Crippen LogP contribution < -0.4 is 10.6 Å². The van der Waals surface area contributed by atoms with Crippen LogP contribution in [0.1, 0.15) is 55.7 Å². The number of nitrogens with one attached hydrogen (secondary N) is 2. The molecule has 0 aromatic heterocycles. The molecule has 4 rings (SSSR count). The summed E-state index contributed by atoms with van der Waals surface area (Å²) in [7, 11) is -3.90. The normalized spacial score (nSPS) is 19.4. The summed E-state index contributed by atoms with van der Waals surface area (Å²) < 4.78 is 33.4. The lowest BCUT2D eigenvalue weighted by molar-refractivity contribution is -0.129. The van der Waals surface area contributed by atoms with Gasteiger partial charge in [-0.05, 0) is 30.0 Å². The van der Waals surface area contributed by atoms with Crippen LogP contribution in [0, 0.1) is 17.2 Å². The maximum Gasteiger partial charge on any atom is 0.247 e. The van der Waals surface area contributed by atoms with Gasteiger partial charge in [0.05, 0.1) is 23.2 Å². The van der Waals surface area contributed by atoms with Crippen LogP contribution in [0.4, 0.5) is 0 Å². The number of carbonyl (C=O) groups excluding carboxylic acids is 2. The second-order valence-corrected chi connectivity index (χ2v) is 11.7. The summed E-state index contributed by atoms with van der Waals surface area (Å²) in [5.74, 6) is 0.0274. The van der Waals surface area contributed by atoms with Gasteiger partial charge in [0.2, 0.25) is 21.8 Å². The van der Waals surface area contributed by atoms with Gasteiger partial charge in [0.25, 0.3) is 0 Å². The third kappa shape index (κ3) is 6.98. The molecule has 1 saturated heterocycles. The zero-order valence-corrected chi connectivity index (χ0v) is 22.2. The summed E-state index contributed by atoms with van der Waals surface area (Å²) in [5.41, 5.74) is 0.749. The van der Waals surface area contributed by atoms with E-state index in [0.29, 0.717) is 17.9 Å². The topological polar surface area (TPSA) is 129 Å². The van der Waals surface area contributed by atoms with Crippen molar-refractivity contribution in [2.24, 2.45) is 5.92 Å². The van der Waals surface area contributed by atoms with Gasteiger partial charge >= 0.3 is 0 Å². The molecular formula is C28H34N4O5S. The van der Waals surface area contributed by atoms with Crippen LogP contribution in [-0.4, -0.2) is 56.9 Å². The molecule has 2 N–H and O–H groups in total. The maximum atomic E-state index is 13.2. The maximum absolute atomic E-state index is 13.2. The van der Waals surface area contributed by atoms with Crippen molar-refractivity contribution in [3.8, 4) is 6.07 Å². The Morgan fingerprint density at radius 3 is 2.53 bits per heavy atom. The number of nitriles is 1. The molecule has 2 aromatic carbocycles. The van der Waals surface area contributed by atoms with Crippen LogP contribution in [0.3, 0.4) is 0 Å². The van der Waals surface area contributed by atoms with Crippen LogP contribution in [0.2, 0.25) is 0 Å². The lowest BCUT2D eigenvalue weighted by Crippen LogP contribution is -2.50. The number of morpholine rings is 1. The smallest absolute Gasteiger partial charge is 0.247 e. The number of nitrogens with zero attached hydrogens (tertiary/aromatic N) is 2. The molecule has 1 aliphatic carbocycles. The molecule has 2 atom stereocenters. The number of ether oxygens (including phenoxy) is 1. The second-order valence-electron chi connectivity index (χ2n) is 9.81. The van der Waals surface area contributed by atoms with Crippen molar-refractivity contribution >= 4 is 21.8 Å². The van der Waals surface area contributed by atoms with E-state index in [2.05, 4.69) is 10.6 Å². The number of sulfonamides is 1. The highest BCUT2D eigenvalue weighted by Crippen LogP contribution is 2.28. The Labute approximate surface area is 224 Å². The molecule has 10 heteroatoms. The van der Waals surface area contributed by atoms with E-state index in [1.165, 1.54) is 29.3 Å². The minimum absolute atomic E-state index is 0.0339. The largest absolute Gasteiger partial charge is 0.374 e. The van der Waals surface area contributed by atoms with Gasteiger partial charge in [-0.1, -0.05) is 68.1 Å². The molecule has 1 unspecified atom stereocenters. The molecule has 0 radical (unpaired) electrons. The van der Waals surface area contributed by atoms with Gasteiger partial charge in [-0.25, -0.2) is 8.42 Å². The summed E-state index contributed by atoms with van der Waals surface area (Å²) in [6.07, 6.45) is 5.38. The summed E-state index contributed by atoms with van der Waals surface area (Å²) in [6.45, 7) is 0.420. The third-order valence-electron chi connectivity index (χ3n) is 7.19. The number of amides is 2. The quantitative estimate of drug-likeness (QED) is 0.479. The Balaban J connectivity index is 1.37. The lowest BCUT2D eigenvalue weighted by atomic mass is 10.0. The van der Waals surface area contributed by atoms with Gasteiger partial charge in [-0.2, -0.15) is 9.57 Å². The van der Waals surface area contributed by atoms with Crippen molar-refractivity contribution in [2.45, 2.75) is 55.6 Å². The highest BCUT2D eigenvalue weighted by molar-refractivity contribution is 7.89. The SMILES string of the molecule is N#Cc1ccccc1S(=O)(=O)N1CCOC(CNC(=O)[C@@H](NC(=O)CCC2CCCC2)c2ccccc2)C1. The summed E-state index contributed by atoms with van der Waals surface area (Å²) in [4.78, 5) is 25.9. The molecular weight excluding hydrogens is 504 g/mol. The lowest BCUT2D eigenvalue weighted by Gasteiger charge is -2.32. The molecule has 9 nitrogen and oxygen atoms in total. The number of rotatable bonds is 10. The Kier molecular flexibility index (Phi) is 9.50. The van der Waals surface area contributed by atoms with E-state index in [1.807, 2.05) is 24.3 Å². The molecule has 38 heavy (non-hydrogen) atoms. The van der Waals surface area contributed by atoms with Crippen molar-refractivity contribution in [3.63, 3.8) is 0 Å². The van der Waals surface area contributed by atoms with Gasteiger partial charge in [0.1, 0.15) is 12.1 Å². The molecule has 0 bridgehead atoms. The summed E-state index contributed by atoms with van der Waals surface area (Å²) >= 11 is 0. The molecule has 1 aliphatic heterocycles. The molecule has 2 aliphatic rings. The third-order valence-corrected chi connectivity index (χ3v) is 9.11. The van der Waals surface area contributed by atoms with E-state index in [4.69, 9.17) is 4.74 Å². The Hall–Kier alpha value is -3.26. The van der Waals surface area contributed by atoms with Crippen LogP contribution >= 0.6 is 0 Å². The van der Waals surface area contributed by atoms with Gasteiger partial charge in [-0.3, -0.25) is 9.59 Å². The number of carbonyl (C=O) groups is 2. The highest BCUT2D eigenvalue weighted by atomic mass is 32.2. The zero-order valence-electron chi connectivity index (χ0n) is 21.3. The molecule has 2 fully saturated rings. The first kappa shape index (κ1) is 27.8. The summed E-state index contributed by atoms with van der Waals surface area (Å²) in [6, 6.07) is 16.2. The molecule has 0 spiro atoms. The Morgan fingerprint density at radius 1 is 1.08 bits per heavy atom. The Bertz CT molecular complexity index is 1260. The minimum atomic E-state index is -3.90. The summed E-state index contributed by atoms with van der Waals surface area (Å²) in [5, 5.41) is 15.1. The highest BCUT2D eigenvalue weighted by Gasteiger charge is 2.33. The van der Waals surface area contributed by atoms with Crippen LogP contribution in [-0.2, 0) is 24.3 Å². The van der Waals surface area contributed by atoms with Crippen LogP contribution in [0.25, 0.3) is 0 Å². The fraction of sp³-hybridized carbons (Fsp3) is 0.464. The molecule has 2 aromatic rings. The fourth-order valence-electron chi connectivity index (χ4n) is 5.09.